The van der Waals surface area contributed by atoms with E-state index in [1.54, 1.807) is 0 Å². The molecule has 0 heterocycles. The molecule has 0 aliphatic heterocycles. The molecule has 1 atom stereocenters. The average Bonchev–Trinajstić information content (AvgIpc) is 1.85. The van der Waals surface area contributed by atoms with Gasteiger partial charge in [0.15, 0.2) is 0 Å². The zero-order valence-corrected chi connectivity index (χ0v) is 6.67. The molecule has 0 aromatic rings. The number of nitro groups is 2. The maximum atomic E-state index is 10.2. The van der Waals surface area contributed by atoms with E-state index in [2.05, 4.69) is 6.58 Å². The van der Waals surface area contributed by atoms with E-state index < -0.39 is 21.9 Å². The van der Waals surface area contributed by atoms with E-state index >= 15 is 0 Å². The first-order valence-electron chi connectivity index (χ1n) is 3.38. The van der Waals surface area contributed by atoms with Crippen LogP contribution in [0.5, 0.6) is 0 Å². The van der Waals surface area contributed by atoms with Gasteiger partial charge in [-0.3, -0.25) is 20.2 Å². The zero-order chi connectivity index (χ0) is 9.72. The van der Waals surface area contributed by atoms with Gasteiger partial charge in [0.25, 0.3) is 0 Å². The quantitative estimate of drug-likeness (QED) is 0.270. The van der Waals surface area contributed by atoms with Crippen molar-refractivity contribution in [2.24, 2.45) is 5.92 Å². The van der Waals surface area contributed by atoms with Crippen molar-refractivity contribution in [1.82, 2.24) is 0 Å². The summed E-state index contributed by atoms with van der Waals surface area (Å²) in [7, 11) is 0. The molecule has 0 spiro atoms. The lowest BCUT2D eigenvalue weighted by Crippen LogP contribution is -2.34. The molecule has 0 N–H and O–H groups in total. The minimum atomic E-state index is -1.72. The zero-order valence-electron chi connectivity index (χ0n) is 6.67. The summed E-state index contributed by atoms with van der Waals surface area (Å²) in [5.41, 5.74) is 0. The van der Waals surface area contributed by atoms with Crippen molar-refractivity contribution in [1.29, 1.82) is 0 Å². The predicted molar refractivity (Wildman–Crippen MR) is 41.8 cm³/mol. The van der Waals surface area contributed by atoms with Crippen molar-refractivity contribution in [2.75, 3.05) is 0 Å². The normalized spacial score (nSPS) is 12.5. The van der Waals surface area contributed by atoms with Crippen LogP contribution in [0.15, 0.2) is 12.7 Å². The fourth-order valence-electron chi connectivity index (χ4n) is 0.877. The Bertz CT molecular complexity index is 190. The molecule has 0 amide bonds. The highest BCUT2D eigenvalue weighted by Crippen LogP contribution is 2.11. The molecule has 0 radical (unpaired) electrons. The monoisotopic (exact) mass is 174 g/mol. The Morgan fingerprint density at radius 2 is 1.83 bits per heavy atom. The Kier molecular flexibility index (Phi) is 3.89. The van der Waals surface area contributed by atoms with Gasteiger partial charge >= 0.3 is 6.17 Å². The van der Waals surface area contributed by atoms with Crippen LogP contribution >= 0.6 is 0 Å². The number of rotatable bonds is 5. The van der Waals surface area contributed by atoms with Gasteiger partial charge < -0.3 is 0 Å². The second-order valence-electron chi connectivity index (χ2n) is 2.49. The first kappa shape index (κ1) is 10.5. The number of nitrogens with zero attached hydrogens (tertiary/aromatic N) is 2. The van der Waals surface area contributed by atoms with Gasteiger partial charge in [-0.1, -0.05) is 6.08 Å². The van der Waals surface area contributed by atoms with Gasteiger partial charge in [-0.2, -0.15) is 0 Å². The third kappa shape index (κ3) is 2.65. The standard InChI is InChI=1S/C6H10N2O4/c1-3-4-5(2)6(7(9)10)8(11)12/h3,5-6H,1,4H2,2H3. The highest BCUT2D eigenvalue weighted by Gasteiger charge is 2.38. The highest BCUT2D eigenvalue weighted by molar-refractivity contribution is 4.71. The Labute approximate surface area is 69.2 Å². The van der Waals surface area contributed by atoms with E-state index in [4.69, 9.17) is 0 Å². The van der Waals surface area contributed by atoms with E-state index in [1.807, 2.05) is 0 Å². The molecule has 0 aliphatic carbocycles. The molecule has 0 saturated carbocycles. The Balaban J connectivity index is 4.39. The molecule has 0 fully saturated rings. The Morgan fingerprint density at radius 3 is 2.08 bits per heavy atom. The summed E-state index contributed by atoms with van der Waals surface area (Å²) in [6.45, 7) is 4.81. The summed E-state index contributed by atoms with van der Waals surface area (Å²) >= 11 is 0. The van der Waals surface area contributed by atoms with Crippen LogP contribution in [0.1, 0.15) is 13.3 Å². The molecular formula is C6H10N2O4. The maximum absolute atomic E-state index is 10.2. The van der Waals surface area contributed by atoms with Crippen molar-refractivity contribution in [3.8, 4) is 0 Å². The molecule has 0 saturated heterocycles. The van der Waals surface area contributed by atoms with Crippen molar-refractivity contribution < 1.29 is 9.85 Å². The fourth-order valence-corrected chi connectivity index (χ4v) is 0.877. The van der Waals surface area contributed by atoms with E-state index in [-0.39, 0.29) is 6.42 Å². The van der Waals surface area contributed by atoms with E-state index in [0.717, 1.165) is 0 Å². The summed E-state index contributed by atoms with van der Waals surface area (Å²) in [6.07, 6.45) is -0.0138. The predicted octanol–water partition coefficient (Wildman–Crippen LogP) is 1.08. The third-order valence-corrected chi connectivity index (χ3v) is 1.48. The van der Waals surface area contributed by atoms with Gasteiger partial charge in [0.05, 0.1) is 15.8 Å². The number of hydrogen-bond acceptors (Lipinski definition) is 4. The van der Waals surface area contributed by atoms with Crippen molar-refractivity contribution in [3.63, 3.8) is 0 Å². The molecule has 0 bridgehead atoms. The fraction of sp³-hybridized carbons (Fsp3) is 0.667. The molecule has 0 aromatic carbocycles. The van der Waals surface area contributed by atoms with Crippen LogP contribution in [-0.4, -0.2) is 16.0 Å². The third-order valence-electron chi connectivity index (χ3n) is 1.48. The second kappa shape index (κ2) is 4.42. The summed E-state index contributed by atoms with van der Waals surface area (Å²) in [4.78, 5) is 18.6. The van der Waals surface area contributed by atoms with Gasteiger partial charge in [0.1, 0.15) is 0 Å². The Hall–Kier alpha value is -1.46. The lowest BCUT2D eigenvalue weighted by Gasteiger charge is -2.06. The van der Waals surface area contributed by atoms with Gasteiger partial charge in [0.2, 0.25) is 0 Å². The molecule has 0 aromatic heterocycles. The maximum Gasteiger partial charge on any atom is 0.453 e. The minimum Gasteiger partial charge on any atom is -0.259 e. The van der Waals surface area contributed by atoms with Gasteiger partial charge in [-0.05, 0) is 13.3 Å². The van der Waals surface area contributed by atoms with Crippen LogP contribution in [0.4, 0.5) is 0 Å². The molecule has 0 aliphatic rings. The van der Waals surface area contributed by atoms with Gasteiger partial charge in [-0.25, -0.2) is 0 Å². The van der Waals surface area contributed by atoms with Crippen LogP contribution in [0.25, 0.3) is 0 Å². The largest absolute Gasteiger partial charge is 0.453 e. The molecule has 6 heteroatoms. The van der Waals surface area contributed by atoms with Crippen LogP contribution in [0, 0.1) is 26.1 Å². The van der Waals surface area contributed by atoms with Crippen LogP contribution in [0.2, 0.25) is 0 Å². The smallest absolute Gasteiger partial charge is 0.259 e. The van der Waals surface area contributed by atoms with E-state index in [9.17, 15) is 20.2 Å². The molecule has 6 nitrogen and oxygen atoms in total. The van der Waals surface area contributed by atoms with Gasteiger partial charge in [0, 0.05) is 0 Å². The number of allylic oxidation sites excluding steroid dienone is 1. The molecule has 12 heavy (non-hydrogen) atoms. The topological polar surface area (TPSA) is 86.3 Å². The summed E-state index contributed by atoms with van der Waals surface area (Å²) < 4.78 is 0. The lowest BCUT2D eigenvalue weighted by molar-refractivity contribution is -0.750. The van der Waals surface area contributed by atoms with Gasteiger partial charge in [-0.15, -0.1) is 6.58 Å². The molecular weight excluding hydrogens is 164 g/mol. The number of hydrogen-bond donors (Lipinski definition) is 0. The molecule has 0 rings (SSSR count). The molecule has 1 unspecified atom stereocenters. The van der Waals surface area contributed by atoms with Crippen molar-refractivity contribution >= 4 is 0 Å². The van der Waals surface area contributed by atoms with Crippen molar-refractivity contribution in [2.45, 2.75) is 19.5 Å². The van der Waals surface area contributed by atoms with E-state index in [0.29, 0.717) is 0 Å². The Morgan fingerprint density at radius 1 is 1.42 bits per heavy atom. The molecule has 68 valence electrons. The van der Waals surface area contributed by atoms with Crippen molar-refractivity contribution in [3.05, 3.63) is 32.9 Å². The van der Waals surface area contributed by atoms with E-state index in [1.165, 1.54) is 13.0 Å². The first-order valence-corrected chi connectivity index (χ1v) is 3.38. The average molecular weight is 174 g/mol. The lowest BCUT2D eigenvalue weighted by atomic mass is 10.1. The van der Waals surface area contributed by atoms with Crippen LogP contribution in [0.3, 0.4) is 0 Å². The minimum absolute atomic E-state index is 0.270. The summed E-state index contributed by atoms with van der Waals surface area (Å²) in [5.74, 6) is -0.618. The summed E-state index contributed by atoms with van der Waals surface area (Å²) in [5, 5.41) is 20.4. The second-order valence-corrected chi connectivity index (χ2v) is 2.49. The van der Waals surface area contributed by atoms with Crippen LogP contribution < -0.4 is 0 Å². The first-order chi connectivity index (χ1) is 5.50. The summed E-state index contributed by atoms with van der Waals surface area (Å²) in [6, 6.07) is 0. The highest BCUT2D eigenvalue weighted by atomic mass is 16.7. The SMILES string of the molecule is C=CCC(C)C([N+](=O)[O-])[N+](=O)[O-]. The van der Waals surface area contributed by atoms with Crippen LogP contribution in [-0.2, 0) is 0 Å².